The summed E-state index contributed by atoms with van der Waals surface area (Å²) in [5.74, 6) is -0.543. The highest BCUT2D eigenvalue weighted by molar-refractivity contribution is 5.91. The molecule has 0 heterocycles. The lowest BCUT2D eigenvalue weighted by molar-refractivity contribution is 0.0697. The van der Waals surface area contributed by atoms with Crippen LogP contribution in [0.4, 0.5) is 10.5 Å². The van der Waals surface area contributed by atoms with E-state index >= 15 is 0 Å². The zero-order valence-corrected chi connectivity index (χ0v) is 11.8. The van der Waals surface area contributed by atoms with E-state index in [1.54, 1.807) is 12.1 Å². The lowest BCUT2D eigenvalue weighted by Crippen LogP contribution is -2.39. The largest absolute Gasteiger partial charge is 0.478 e. The molecule has 2 rings (SSSR count). The average Bonchev–Trinajstić information content (AvgIpc) is 3.20. The number of hydrogen-bond donors (Lipinski definition) is 2. The number of rotatable bonds is 5. The van der Waals surface area contributed by atoms with Crippen molar-refractivity contribution in [1.82, 2.24) is 4.90 Å². The van der Waals surface area contributed by atoms with E-state index in [4.69, 9.17) is 5.11 Å². The molecule has 0 unspecified atom stereocenters. The van der Waals surface area contributed by atoms with Crippen molar-refractivity contribution in [2.24, 2.45) is 5.92 Å². The number of carbonyl (C=O) groups excluding carboxylic acids is 1. The molecule has 0 bridgehead atoms. The standard InChI is InChI=1S/C15H20N2O3/c1-10(2)9-17(13-7-8-13)15(20)16-12-5-3-11(4-6-12)14(18)19/h3-6,10,13H,7-9H2,1-2H3,(H,16,20)(H,18,19). The van der Waals surface area contributed by atoms with Gasteiger partial charge in [-0.1, -0.05) is 13.8 Å². The van der Waals surface area contributed by atoms with E-state index in [2.05, 4.69) is 19.2 Å². The van der Waals surface area contributed by atoms with Crippen molar-refractivity contribution >= 4 is 17.7 Å². The molecule has 1 aromatic rings. The van der Waals surface area contributed by atoms with Crippen LogP contribution in [0.3, 0.4) is 0 Å². The molecule has 1 fully saturated rings. The van der Waals surface area contributed by atoms with Gasteiger partial charge in [-0.05, 0) is 43.0 Å². The Kier molecular flexibility index (Phi) is 4.27. The number of carbonyl (C=O) groups is 2. The maximum atomic E-state index is 12.2. The van der Waals surface area contributed by atoms with Gasteiger partial charge in [-0.25, -0.2) is 9.59 Å². The molecule has 20 heavy (non-hydrogen) atoms. The molecule has 5 nitrogen and oxygen atoms in total. The summed E-state index contributed by atoms with van der Waals surface area (Å²) < 4.78 is 0. The quantitative estimate of drug-likeness (QED) is 0.868. The monoisotopic (exact) mass is 276 g/mol. The third kappa shape index (κ3) is 3.73. The molecule has 0 saturated heterocycles. The fraction of sp³-hybridized carbons (Fsp3) is 0.467. The molecule has 5 heteroatoms. The topological polar surface area (TPSA) is 69.6 Å². The molecule has 0 aliphatic heterocycles. The van der Waals surface area contributed by atoms with E-state index in [1.165, 1.54) is 12.1 Å². The summed E-state index contributed by atoms with van der Waals surface area (Å²) in [7, 11) is 0. The predicted molar refractivity (Wildman–Crippen MR) is 77.0 cm³/mol. The SMILES string of the molecule is CC(C)CN(C(=O)Nc1ccc(C(=O)O)cc1)C1CC1. The molecular weight excluding hydrogens is 256 g/mol. The summed E-state index contributed by atoms with van der Waals surface area (Å²) in [6.07, 6.45) is 2.14. The van der Waals surface area contributed by atoms with Crippen molar-refractivity contribution in [2.75, 3.05) is 11.9 Å². The molecule has 2 N–H and O–H groups in total. The number of amides is 2. The van der Waals surface area contributed by atoms with Crippen molar-refractivity contribution in [1.29, 1.82) is 0 Å². The zero-order valence-electron chi connectivity index (χ0n) is 11.8. The first kappa shape index (κ1) is 14.4. The second-order valence-corrected chi connectivity index (χ2v) is 5.59. The van der Waals surface area contributed by atoms with Crippen LogP contribution in [0.5, 0.6) is 0 Å². The van der Waals surface area contributed by atoms with Crippen molar-refractivity contribution in [3.63, 3.8) is 0 Å². The summed E-state index contributed by atoms with van der Waals surface area (Å²) in [5, 5.41) is 11.7. The van der Waals surface area contributed by atoms with Gasteiger partial charge in [0, 0.05) is 18.3 Å². The van der Waals surface area contributed by atoms with Crippen LogP contribution in [0, 0.1) is 5.92 Å². The Morgan fingerprint density at radius 2 is 1.90 bits per heavy atom. The number of aromatic carboxylic acids is 1. The van der Waals surface area contributed by atoms with Crippen LogP contribution >= 0.6 is 0 Å². The van der Waals surface area contributed by atoms with Crippen LogP contribution in [-0.4, -0.2) is 34.6 Å². The molecule has 2 amide bonds. The van der Waals surface area contributed by atoms with E-state index in [9.17, 15) is 9.59 Å². The van der Waals surface area contributed by atoms with Crippen LogP contribution in [0.15, 0.2) is 24.3 Å². The van der Waals surface area contributed by atoms with E-state index in [0.717, 1.165) is 19.4 Å². The van der Waals surface area contributed by atoms with Crippen LogP contribution in [0.25, 0.3) is 0 Å². The number of benzene rings is 1. The van der Waals surface area contributed by atoms with Crippen molar-refractivity contribution in [3.8, 4) is 0 Å². The first-order valence-corrected chi connectivity index (χ1v) is 6.88. The Morgan fingerprint density at radius 1 is 1.30 bits per heavy atom. The van der Waals surface area contributed by atoms with Crippen LogP contribution in [-0.2, 0) is 0 Å². The van der Waals surface area contributed by atoms with Gasteiger partial charge < -0.3 is 15.3 Å². The molecule has 1 saturated carbocycles. The Bertz CT molecular complexity index is 492. The smallest absolute Gasteiger partial charge is 0.335 e. The molecule has 1 aliphatic carbocycles. The predicted octanol–water partition coefficient (Wildman–Crippen LogP) is 3.04. The van der Waals surface area contributed by atoms with Crippen LogP contribution in [0.1, 0.15) is 37.0 Å². The van der Waals surface area contributed by atoms with Gasteiger partial charge in [0.1, 0.15) is 0 Å². The van der Waals surface area contributed by atoms with Gasteiger partial charge in [-0.2, -0.15) is 0 Å². The van der Waals surface area contributed by atoms with E-state index in [-0.39, 0.29) is 11.6 Å². The highest BCUT2D eigenvalue weighted by atomic mass is 16.4. The summed E-state index contributed by atoms with van der Waals surface area (Å²) in [5.41, 5.74) is 0.832. The highest BCUT2D eigenvalue weighted by Crippen LogP contribution is 2.28. The normalized spacial score (nSPS) is 14.2. The Hall–Kier alpha value is -2.04. The lowest BCUT2D eigenvalue weighted by Gasteiger charge is -2.24. The minimum absolute atomic E-state index is 0.107. The number of urea groups is 1. The molecule has 1 aromatic carbocycles. The Balaban J connectivity index is 2.00. The second-order valence-electron chi connectivity index (χ2n) is 5.59. The summed E-state index contributed by atoms with van der Waals surface area (Å²) in [6.45, 7) is 4.92. The molecule has 0 atom stereocenters. The van der Waals surface area contributed by atoms with Gasteiger partial charge in [0.25, 0.3) is 0 Å². The highest BCUT2D eigenvalue weighted by Gasteiger charge is 2.32. The zero-order chi connectivity index (χ0) is 14.7. The summed E-state index contributed by atoms with van der Waals surface area (Å²) >= 11 is 0. The number of carboxylic acids is 1. The van der Waals surface area contributed by atoms with Gasteiger partial charge in [0.2, 0.25) is 0 Å². The molecule has 108 valence electrons. The Morgan fingerprint density at radius 3 is 2.35 bits per heavy atom. The third-order valence-electron chi connectivity index (χ3n) is 3.19. The molecule has 0 radical (unpaired) electrons. The maximum Gasteiger partial charge on any atom is 0.335 e. The number of nitrogens with one attached hydrogen (secondary N) is 1. The molecule has 0 spiro atoms. The number of hydrogen-bond acceptors (Lipinski definition) is 2. The average molecular weight is 276 g/mol. The van der Waals surface area contributed by atoms with Crippen molar-refractivity contribution in [3.05, 3.63) is 29.8 Å². The second kappa shape index (κ2) is 5.94. The number of anilines is 1. The summed E-state index contributed by atoms with van der Waals surface area (Å²) in [6, 6.07) is 6.45. The first-order valence-electron chi connectivity index (χ1n) is 6.88. The fourth-order valence-corrected chi connectivity index (χ4v) is 2.07. The van der Waals surface area contributed by atoms with Crippen molar-refractivity contribution in [2.45, 2.75) is 32.7 Å². The number of carboxylic acid groups (broad SMARTS) is 1. The van der Waals surface area contributed by atoms with Crippen LogP contribution < -0.4 is 5.32 Å². The third-order valence-corrected chi connectivity index (χ3v) is 3.19. The molecular formula is C15H20N2O3. The molecule has 1 aliphatic rings. The van der Waals surface area contributed by atoms with Gasteiger partial charge in [0.05, 0.1) is 5.56 Å². The number of nitrogens with zero attached hydrogens (tertiary/aromatic N) is 1. The molecule has 0 aromatic heterocycles. The minimum Gasteiger partial charge on any atom is -0.478 e. The summed E-state index contributed by atoms with van der Waals surface area (Å²) in [4.78, 5) is 24.9. The van der Waals surface area contributed by atoms with E-state index in [1.807, 2.05) is 4.90 Å². The van der Waals surface area contributed by atoms with E-state index in [0.29, 0.717) is 17.6 Å². The lowest BCUT2D eigenvalue weighted by atomic mass is 10.2. The van der Waals surface area contributed by atoms with Gasteiger partial charge in [0.15, 0.2) is 0 Å². The van der Waals surface area contributed by atoms with Gasteiger partial charge >= 0.3 is 12.0 Å². The van der Waals surface area contributed by atoms with Crippen LogP contribution in [0.2, 0.25) is 0 Å². The van der Waals surface area contributed by atoms with Gasteiger partial charge in [-0.3, -0.25) is 0 Å². The Labute approximate surface area is 118 Å². The van der Waals surface area contributed by atoms with Gasteiger partial charge in [-0.15, -0.1) is 0 Å². The maximum absolute atomic E-state index is 12.2. The van der Waals surface area contributed by atoms with Crippen molar-refractivity contribution < 1.29 is 14.7 Å². The minimum atomic E-state index is -0.970. The fourth-order valence-electron chi connectivity index (χ4n) is 2.07. The van der Waals surface area contributed by atoms with E-state index < -0.39 is 5.97 Å². The first-order chi connectivity index (χ1) is 9.47.